The molecule has 2 rings (SSSR count). The summed E-state index contributed by atoms with van der Waals surface area (Å²) in [5, 5.41) is 8.76. The van der Waals surface area contributed by atoms with E-state index in [0.717, 1.165) is 15.7 Å². The summed E-state index contributed by atoms with van der Waals surface area (Å²) in [6.07, 6.45) is 1.62. The van der Waals surface area contributed by atoms with Gasteiger partial charge in [-0.25, -0.2) is 9.97 Å². The molecule has 1 aromatic carbocycles. The number of hydrogen-bond donors (Lipinski definition) is 1. The van der Waals surface area contributed by atoms with E-state index in [1.807, 2.05) is 24.3 Å². The molecule has 0 aliphatic heterocycles. The summed E-state index contributed by atoms with van der Waals surface area (Å²) < 4.78 is 0.962. The molecule has 98 valence electrons. The second-order valence-electron chi connectivity index (χ2n) is 4.00. The fraction of sp³-hybridized carbons (Fsp3) is 0.154. The first-order valence-corrected chi connectivity index (χ1v) is 6.37. The van der Waals surface area contributed by atoms with Crippen LogP contribution in [0.1, 0.15) is 0 Å². The first-order chi connectivity index (χ1) is 9.06. The zero-order chi connectivity index (χ0) is 13.8. The number of hydrogen-bond acceptors (Lipinski definition) is 4. The van der Waals surface area contributed by atoms with Crippen molar-refractivity contribution in [2.45, 2.75) is 0 Å². The van der Waals surface area contributed by atoms with E-state index in [0.29, 0.717) is 5.95 Å². The topological polar surface area (TPSA) is 66.3 Å². The van der Waals surface area contributed by atoms with Crippen LogP contribution in [0.2, 0.25) is 0 Å². The van der Waals surface area contributed by atoms with Crippen LogP contribution < -0.4 is 4.90 Å². The average molecular weight is 322 g/mol. The molecule has 5 nitrogen and oxygen atoms in total. The van der Waals surface area contributed by atoms with Crippen molar-refractivity contribution in [3.8, 4) is 11.3 Å². The van der Waals surface area contributed by atoms with Crippen molar-refractivity contribution in [2.75, 3.05) is 18.5 Å². The quantitative estimate of drug-likeness (QED) is 0.936. The van der Waals surface area contributed by atoms with Crippen LogP contribution in [0.3, 0.4) is 0 Å². The molecule has 1 N–H and O–H groups in total. The Balaban J connectivity index is 2.31. The van der Waals surface area contributed by atoms with E-state index in [1.54, 1.807) is 19.3 Å². The predicted octanol–water partition coefficient (Wildman–Crippen LogP) is 2.43. The number of carbonyl (C=O) groups is 1. The molecule has 0 radical (unpaired) electrons. The summed E-state index contributed by atoms with van der Waals surface area (Å²) in [5.41, 5.74) is 1.70. The van der Waals surface area contributed by atoms with E-state index in [-0.39, 0.29) is 6.54 Å². The minimum Gasteiger partial charge on any atom is -0.480 e. The van der Waals surface area contributed by atoms with Crippen LogP contribution in [-0.2, 0) is 4.79 Å². The van der Waals surface area contributed by atoms with Crippen molar-refractivity contribution in [1.82, 2.24) is 9.97 Å². The zero-order valence-corrected chi connectivity index (χ0v) is 11.8. The number of carboxylic acid groups (broad SMARTS) is 1. The third kappa shape index (κ3) is 3.51. The molecule has 0 amide bonds. The maximum absolute atomic E-state index is 10.7. The zero-order valence-electron chi connectivity index (χ0n) is 10.2. The lowest BCUT2D eigenvalue weighted by molar-refractivity contribution is -0.135. The molecule has 0 aliphatic rings. The Hall–Kier alpha value is -1.95. The van der Waals surface area contributed by atoms with E-state index >= 15 is 0 Å². The minimum absolute atomic E-state index is 0.137. The lowest BCUT2D eigenvalue weighted by Crippen LogP contribution is -2.26. The fourth-order valence-electron chi connectivity index (χ4n) is 1.61. The third-order valence-electron chi connectivity index (χ3n) is 2.48. The fourth-order valence-corrected chi connectivity index (χ4v) is 2.01. The molecule has 0 saturated heterocycles. The molecule has 1 aromatic heterocycles. The third-order valence-corrected chi connectivity index (χ3v) is 2.97. The smallest absolute Gasteiger partial charge is 0.323 e. The first-order valence-electron chi connectivity index (χ1n) is 5.58. The van der Waals surface area contributed by atoms with Crippen molar-refractivity contribution in [1.29, 1.82) is 0 Å². The number of carboxylic acids is 1. The summed E-state index contributed by atoms with van der Waals surface area (Å²) in [7, 11) is 1.65. The molecule has 2 aromatic rings. The number of nitrogens with zero attached hydrogens (tertiary/aromatic N) is 3. The molecule has 6 heteroatoms. The van der Waals surface area contributed by atoms with Crippen LogP contribution >= 0.6 is 15.9 Å². The molecule has 19 heavy (non-hydrogen) atoms. The van der Waals surface area contributed by atoms with Gasteiger partial charge in [0.25, 0.3) is 0 Å². The highest BCUT2D eigenvalue weighted by molar-refractivity contribution is 9.10. The van der Waals surface area contributed by atoms with Gasteiger partial charge in [0, 0.05) is 23.3 Å². The molecule has 0 fully saturated rings. The summed E-state index contributed by atoms with van der Waals surface area (Å²) in [6, 6.07) is 9.53. The molecular formula is C13H12BrN3O2. The summed E-state index contributed by atoms with van der Waals surface area (Å²) in [5.74, 6) is -0.529. The van der Waals surface area contributed by atoms with Gasteiger partial charge in [0.2, 0.25) is 5.95 Å². The largest absolute Gasteiger partial charge is 0.480 e. The van der Waals surface area contributed by atoms with E-state index in [2.05, 4.69) is 25.9 Å². The second kappa shape index (κ2) is 5.79. The highest BCUT2D eigenvalue weighted by Crippen LogP contribution is 2.22. The molecule has 0 bridgehead atoms. The van der Waals surface area contributed by atoms with E-state index in [9.17, 15) is 4.79 Å². The lowest BCUT2D eigenvalue weighted by atomic mass is 10.1. The molecule has 1 heterocycles. The van der Waals surface area contributed by atoms with Gasteiger partial charge in [-0.3, -0.25) is 4.79 Å². The van der Waals surface area contributed by atoms with Crippen LogP contribution in [0.4, 0.5) is 5.95 Å². The van der Waals surface area contributed by atoms with Gasteiger partial charge in [-0.2, -0.15) is 0 Å². The lowest BCUT2D eigenvalue weighted by Gasteiger charge is -2.14. The van der Waals surface area contributed by atoms with Gasteiger partial charge < -0.3 is 10.0 Å². The molecule has 0 spiro atoms. The van der Waals surface area contributed by atoms with Crippen LogP contribution in [-0.4, -0.2) is 34.6 Å². The Morgan fingerprint density at radius 1 is 1.42 bits per heavy atom. The van der Waals surface area contributed by atoms with Crippen LogP contribution in [0.5, 0.6) is 0 Å². The highest BCUT2D eigenvalue weighted by Gasteiger charge is 2.09. The van der Waals surface area contributed by atoms with Gasteiger partial charge in [-0.15, -0.1) is 0 Å². The van der Waals surface area contributed by atoms with Gasteiger partial charge in [-0.1, -0.05) is 28.1 Å². The summed E-state index contributed by atoms with van der Waals surface area (Å²) >= 11 is 3.41. The number of aliphatic carboxylic acids is 1. The summed E-state index contributed by atoms with van der Waals surface area (Å²) in [6.45, 7) is -0.137. The first kappa shape index (κ1) is 13.5. The Morgan fingerprint density at radius 3 is 2.89 bits per heavy atom. The van der Waals surface area contributed by atoms with Gasteiger partial charge >= 0.3 is 5.97 Å². The number of likely N-dealkylation sites (N-methyl/N-ethyl adjacent to an activating group) is 1. The molecule has 0 unspecified atom stereocenters. The molecule has 0 aliphatic carbocycles. The average Bonchev–Trinajstić information content (AvgIpc) is 2.38. The van der Waals surface area contributed by atoms with Crippen LogP contribution in [0.25, 0.3) is 11.3 Å². The SMILES string of the molecule is CN(CC(=O)O)c1nccc(-c2cccc(Br)c2)n1. The molecule has 0 atom stereocenters. The Bertz CT molecular complexity index is 604. The highest BCUT2D eigenvalue weighted by atomic mass is 79.9. The van der Waals surface area contributed by atoms with E-state index in [4.69, 9.17) is 5.11 Å². The number of benzene rings is 1. The van der Waals surface area contributed by atoms with Crippen molar-refractivity contribution in [3.63, 3.8) is 0 Å². The second-order valence-corrected chi connectivity index (χ2v) is 4.92. The van der Waals surface area contributed by atoms with Crippen LogP contribution in [0, 0.1) is 0 Å². The standard InChI is InChI=1S/C13H12BrN3O2/c1-17(8-12(18)19)13-15-6-5-11(16-13)9-3-2-4-10(14)7-9/h2-7H,8H2,1H3,(H,18,19). The number of aromatic nitrogens is 2. The summed E-state index contributed by atoms with van der Waals surface area (Å²) in [4.78, 5) is 20.6. The number of anilines is 1. The Labute approximate surface area is 119 Å². The predicted molar refractivity (Wildman–Crippen MR) is 76.1 cm³/mol. The maximum atomic E-state index is 10.7. The monoisotopic (exact) mass is 321 g/mol. The Morgan fingerprint density at radius 2 is 2.21 bits per heavy atom. The van der Waals surface area contributed by atoms with Gasteiger partial charge in [-0.05, 0) is 18.2 Å². The normalized spacial score (nSPS) is 10.2. The van der Waals surface area contributed by atoms with E-state index in [1.165, 1.54) is 4.90 Å². The Kier molecular flexibility index (Phi) is 4.11. The van der Waals surface area contributed by atoms with Gasteiger partial charge in [0.1, 0.15) is 6.54 Å². The maximum Gasteiger partial charge on any atom is 0.323 e. The van der Waals surface area contributed by atoms with E-state index < -0.39 is 5.97 Å². The minimum atomic E-state index is -0.918. The molecule has 0 saturated carbocycles. The van der Waals surface area contributed by atoms with Gasteiger partial charge in [0.15, 0.2) is 0 Å². The molecular weight excluding hydrogens is 310 g/mol. The van der Waals surface area contributed by atoms with Crippen molar-refractivity contribution >= 4 is 27.8 Å². The van der Waals surface area contributed by atoms with Gasteiger partial charge in [0.05, 0.1) is 5.69 Å². The van der Waals surface area contributed by atoms with Crippen molar-refractivity contribution in [3.05, 3.63) is 41.0 Å². The number of rotatable bonds is 4. The van der Waals surface area contributed by atoms with Crippen LogP contribution in [0.15, 0.2) is 41.0 Å². The number of halogens is 1. The van der Waals surface area contributed by atoms with Crippen molar-refractivity contribution < 1.29 is 9.90 Å². The van der Waals surface area contributed by atoms with Crippen molar-refractivity contribution in [2.24, 2.45) is 0 Å².